The molecule has 2 aromatic carbocycles. The monoisotopic (exact) mass is 372 g/mol. The number of carbonyl (C=O) groups is 2. The number of nitrogens with one attached hydrogen (secondary N) is 1. The molecule has 1 aliphatic rings. The second-order valence-corrected chi connectivity index (χ2v) is 5.79. The lowest BCUT2D eigenvalue weighted by atomic mass is 10.0. The van der Waals surface area contributed by atoms with Crippen LogP contribution >= 0.6 is 15.9 Å². The molecule has 23 heavy (non-hydrogen) atoms. The minimum atomic E-state index is -0.537. The molecular weight excluding hydrogens is 364 g/mol. The fraction of sp³-hybridized carbons (Fsp3) is 0. The Balaban J connectivity index is 1.95. The van der Waals surface area contributed by atoms with E-state index in [0.717, 1.165) is 4.47 Å². The Morgan fingerprint density at radius 1 is 1.17 bits per heavy atom. The molecule has 0 spiro atoms. The number of nitrogens with zero attached hydrogens (tertiary/aromatic N) is 1. The average molecular weight is 373 g/mol. The molecule has 0 atom stereocenters. The summed E-state index contributed by atoms with van der Waals surface area (Å²) in [5.41, 5.74) is 1.73. The number of hydrogen-bond donors (Lipinski definition) is 1. The molecule has 0 aromatic heterocycles. The van der Waals surface area contributed by atoms with Crippen LogP contribution in [0.1, 0.15) is 15.9 Å². The highest BCUT2D eigenvalue weighted by molar-refractivity contribution is 9.10. The minimum Gasteiger partial charge on any atom is -0.321 e. The molecule has 0 aliphatic carbocycles. The number of non-ortho nitro benzene ring substituents is 1. The zero-order valence-electron chi connectivity index (χ0n) is 11.6. The van der Waals surface area contributed by atoms with E-state index in [0.29, 0.717) is 11.3 Å². The van der Waals surface area contributed by atoms with Crippen molar-refractivity contribution in [1.29, 1.82) is 0 Å². The van der Waals surface area contributed by atoms with Crippen LogP contribution in [0.5, 0.6) is 0 Å². The van der Waals surface area contributed by atoms with E-state index in [-0.39, 0.29) is 22.7 Å². The zero-order valence-corrected chi connectivity index (χ0v) is 13.2. The Bertz CT molecular complexity index is 872. The van der Waals surface area contributed by atoms with Gasteiger partial charge in [0.25, 0.3) is 11.6 Å². The molecule has 1 amide bonds. The molecule has 1 heterocycles. The molecule has 2 aromatic rings. The summed E-state index contributed by atoms with van der Waals surface area (Å²) in [6.07, 6.45) is 1.24. The zero-order chi connectivity index (χ0) is 16.6. The molecular formula is C16H9BrN2O4. The van der Waals surface area contributed by atoms with Crippen molar-refractivity contribution in [3.63, 3.8) is 0 Å². The Morgan fingerprint density at radius 2 is 1.87 bits per heavy atom. The molecule has 0 fully saturated rings. The van der Waals surface area contributed by atoms with Crippen LogP contribution in [-0.4, -0.2) is 16.6 Å². The summed E-state index contributed by atoms with van der Waals surface area (Å²) in [5.74, 6) is -0.744. The van der Waals surface area contributed by atoms with Crippen LogP contribution in [0.2, 0.25) is 0 Å². The summed E-state index contributed by atoms with van der Waals surface area (Å²) >= 11 is 3.33. The maximum absolute atomic E-state index is 12.3. The number of hydrogen-bond acceptors (Lipinski definition) is 4. The topological polar surface area (TPSA) is 89.3 Å². The van der Waals surface area contributed by atoms with Gasteiger partial charge < -0.3 is 5.32 Å². The van der Waals surface area contributed by atoms with Crippen molar-refractivity contribution in [2.45, 2.75) is 0 Å². The maximum atomic E-state index is 12.3. The Labute approximate surface area is 139 Å². The van der Waals surface area contributed by atoms with Gasteiger partial charge in [0, 0.05) is 33.4 Å². The van der Waals surface area contributed by atoms with Crippen LogP contribution < -0.4 is 5.32 Å². The maximum Gasteiger partial charge on any atom is 0.269 e. The van der Waals surface area contributed by atoms with Gasteiger partial charge in [0.1, 0.15) is 0 Å². The first-order chi connectivity index (χ1) is 11.0. The smallest absolute Gasteiger partial charge is 0.269 e. The molecule has 1 aliphatic heterocycles. The summed E-state index contributed by atoms with van der Waals surface area (Å²) in [7, 11) is 0. The third kappa shape index (κ3) is 2.91. The largest absolute Gasteiger partial charge is 0.321 e. The van der Waals surface area contributed by atoms with Crippen molar-refractivity contribution in [1.82, 2.24) is 0 Å². The van der Waals surface area contributed by atoms with E-state index in [1.807, 2.05) is 0 Å². The van der Waals surface area contributed by atoms with Crippen LogP contribution in [0.4, 0.5) is 11.4 Å². The number of ketones is 1. The number of nitro benzene ring substituents is 1. The highest BCUT2D eigenvalue weighted by Gasteiger charge is 2.25. The molecule has 0 saturated carbocycles. The SMILES string of the molecule is O=C1Nc2ccc(Br)cc2C1=CC(=O)c1ccc([N+](=O)[O-])cc1. The molecule has 3 rings (SSSR count). The Morgan fingerprint density at radius 3 is 2.52 bits per heavy atom. The summed E-state index contributed by atoms with van der Waals surface area (Å²) in [5, 5.41) is 13.3. The standard InChI is InChI=1S/C16H9BrN2O4/c17-10-3-6-14-12(7-10)13(16(21)18-14)8-15(20)9-1-4-11(5-2-9)19(22)23/h1-8H,(H,18,21). The van der Waals surface area contributed by atoms with Crippen molar-refractivity contribution in [2.75, 3.05) is 5.32 Å². The van der Waals surface area contributed by atoms with Crippen LogP contribution in [0.25, 0.3) is 5.57 Å². The molecule has 6 nitrogen and oxygen atoms in total. The number of anilines is 1. The molecule has 0 radical (unpaired) electrons. The minimum absolute atomic E-state index is 0.0953. The quantitative estimate of drug-likeness (QED) is 0.386. The second-order valence-electron chi connectivity index (χ2n) is 4.87. The van der Waals surface area contributed by atoms with Gasteiger partial charge in [0.15, 0.2) is 5.78 Å². The van der Waals surface area contributed by atoms with E-state index in [1.54, 1.807) is 18.2 Å². The summed E-state index contributed by atoms with van der Waals surface area (Å²) < 4.78 is 0.793. The van der Waals surface area contributed by atoms with E-state index in [9.17, 15) is 19.7 Å². The lowest BCUT2D eigenvalue weighted by Gasteiger charge is -2.00. The summed E-state index contributed by atoms with van der Waals surface area (Å²) in [6.45, 7) is 0. The first kappa shape index (κ1) is 15.1. The number of halogens is 1. The lowest BCUT2D eigenvalue weighted by Crippen LogP contribution is -2.06. The van der Waals surface area contributed by atoms with Crippen molar-refractivity contribution in [2.24, 2.45) is 0 Å². The van der Waals surface area contributed by atoms with Crippen LogP contribution in [0, 0.1) is 10.1 Å². The molecule has 0 saturated heterocycles. The van der Waals surface area contributed by atoms with E-state index >= 15 is 0 Å². The van der Waals surface area contributed by atoms with Crippen LogP contribution in [0.15, 0.2) is 53.0 Å². The molecule has 114 valence electrons. The average Bonchev–Trinajstić information content (AvgIpc) is 2.83. The van der Waals surface area contributed by atoms with Gasteiger partial charge in [-0.3, -0.25) is 19.7 Å². The summed E-state index contributed by atoms with van der Waals surface area (Å²) in [4.78, 5) is 34.4. The first-order valence-corrected chi connectivity index (χ1v) is 7.37. The number of carbonyl (C=O) groups excluding carboxylic acids is 2. The van der Waals surface area contributed by atoms with Gasteiger partial charge in [-0.05, 0) is 36.4 Å². The van der Waals surface area contributed by atoms with Gasteiger partial charge in [-0.2, -0.15) is 0 Å². The highest BCUT2D eigenvalue weighted by Crippen LogP contribution is 2.34. The van der Waals surface area contributed by atoms with Crippen LogP contribution in [0.3, 0.4) is 0 Å². The number of fused-ring (bicyclic) bond motifs is 1. The molecule has 7 heteroatoms. The van der Waals surface area contributed by atoms with E-state index in [1.165, 1.54) is 30.3 Å². The fourth-order valence-corrected chi connectivity index (χ4v) is 2.63. The lowest BCUT2D eigenvalue weighted by molar-refractivity contribution is -0.384. The van der Waals surface area contributed by atoms with Crippen molar-refractivity contribution in [3.05, 3.63) is 74.3 Å². The predicted molar refractivity (Wildman–Crippen MR) is 88.2 cm³/mol. The fourth-order valence-electron chi connectivity index (χ4n) is 2.27. The highest BCUT2D eigenvalue weighted by atomic mass is 79.9. The third-order valence-corrected chi connectivity index (χ3v) is 3.90. The predicted octanol–water partition coefficient (Wildman–Crippen LogP) is 3.58. The van der Waals surface area contributed by atoms with Gasteiger partial charge in [0.05, 0.1) is 10.5 Å². The first-order valence-electron chi connectivity index (χ1n) is 6.57. The van der Waals surface area contributed by atoms with Gasteiger partial charge in [-0.15, -0.1) is 0 Å². The number of nitro groups is 1. The van der Waals surface area contributed by atoms with E-state index < -0.39 is 10.7 Å². The van der Waals surface area contributed by atoms with Crippen LogP contribution in [-0.2, 0) is 4.79 Å². The third-order valence-electron chi connectivity index (χ3n) is 3.40. The van der Waals surface area contributed by atoms with Gasteiger partial charge >= 0.3 is 0 Å². The second kappa shape index (κ2) is 5.77. The molecule has 1 N–H and O–H groups in total. The van der Waals surface area contributed by atoms with Crippen molar-refractivity contribution in [3.8, 4) is 0 Å². The van der Waals surface area contributed by atoms with Crippen molar-refractivity contribution >= 4 is 44.6 Å². The van der Waals surface area contributed by atoms with Gasteiger partial charge in [-0.1, -0.05) is 15.9 Å². The molecule has 0 bridgehead atoms. The van der Waals surface area contributed by atoms with E-state index in [2.05, 4.69) is 21.2 Å². The van der Waals surface area contributed by atoms with Gasteiger partial charge in [-0.25, -0.2) is 0 Å². The number of amides is 1. The molecule has 0 unspecified atom stereocenters. The Kier molecular flexibility index (Phi) is 3.79. The number of rotatable bonds is 3. The normalized spacial score (nSPS) is 14.5. The summed E-state index contributed by atoms with van der Waals surface area (Å²) in [6, 6.07) is 10.5. The Hall–Kier alpha value is -2.80. The van der Waals surface area contributed by atoms with Gasteiger partial charge in [0.2, 0.25) is 0 Å². The number of allylic oxidation sites excluding steroid dienone is 1. The number of benzene rings is 2. The van der Waals surface area contributed by atoms with E-state index in [4.69, 9.17) is 0 Å². The van der Waals surface area contributed by atoms with Crippen molar-refractivity contribution < 1.29 is 14.5 Å².